The van der Waals surface area contributed by atoms with Crippen LogP contribution in [0.4, 0.5) is 0 Å². The minimum absolute atomic E-state index is 0.0534. The lowest BCUT2D eigenvalue weighted by Crippen LogP contribution is -2.52. The van der Waals surface area contributed by atoms with Gasteiger partial charge in [-0.25, -0.2) is 13.1 Å². The van der Waals surface area contributed by atoms with Gasteiger partial charge in [0.15, 0.2) is 0 Å². The van der Waals surface area contributed by atoms with E-state index in [-0.39, 0.29) is 12.1 Å². The predicted octanol–water partition coefficient (Wildman–Crippen LogP) is 2.89. The van der Waals surface area contributed by atoms with Gasteiger partial charge < -0.3 is 4.90 Å². The minimum Gasteiger partial charge on any atom is -0.300 e. The van der Waals surface area contributed by atoms with E-state index in [1.807, 2.05) is 30.5 Å². The number of piperazine rings is 1. The summed E-state index contributed by atoms with van der Waals surface area (Å²) in [6.07, 6.45) is 3.51. The monoisotopic (exact) mass is 462 g/mol. The van der Waals surface area contributed by atoms with Crippen molar-refractivity contribution >= 4 is 10.0 Å². The van der Waals surface area contributed by atoms with Gasteiger partial charge in [-0.2, -0.15) is 0 Å². The fourth-order valence-corrected chi connectivity index (χ4v) is 6.34. The molecule has 1 N–H and O–H groups in total. The lowest BCUT2D eigenvalue weighted by Gasteiger charge is -2.40. The number of fused-ring (bicyclic) bond motifs is 1. The zero-order valence-corrected chi connectivity index (χ0v) is 19.5. The highest BCUT2D eigenvalue weighted by Crippen LogP contribution is 2.37. The Labute approximate surface area is 196 Å². The van der Waals surface area contributed by atoms with Gasteiger partial charge in [0.25, 0.3) is 0 Å². The third-order valence-electron chi connectivity index (χ3n) is 6.77. The molecule has 2 atom stereocenters. The van der Waals surface area contributed by atoms with Gasteiger partial charge in [0, 0.05) is 57.1 Å². The molecule has 0 amide bonds. The van der Waals surface area contributed by atoms with Crippen molar-refractivity contribution in [2.75, 3.05) is 32.7 Å². The first-order chi connectivity index (χ1) is 16.1. The Morgan fingerprint density at radius 2 is 1.61 bits per heavy atom. The van der Waals surface area contributed by atoms with Crippen LogP contribution in [-0.4, -0.2) is 62.0 Å². The van der Waals surface area contributed by atoms with Gasteiger partial charge in [0.1, 0.15) is 0 Å². The summed E-state index contributed by atoms with van der Waals surface area (Å²) in [4.78, 5) is 9.69. The van der Waals surface area contributed by atoms with Crippen molar-refractivity contribution < 1.29 is 8.42 Å². The van der Waals surface area contributed by atoms with E-state index in [0.717, 1.165) is 44.8 Å². The average Bonchev–Trinajstić information content (AvgIpc) is 3.21. The minimum atomic E-state index is -3.58. The summed E-state index contributed by atoms with van der Waals surface area (Å²) in [5, 5.41) is 0. The highest BCUT2D eigenvalue weighted by molar-refractivity contribution is 7.89. The van der Waals surface area contributed by atoms with Crippen LogP contribution in [0.15, 0.2) is 83.9 Å². The van der Waals surface area contributed by atoms with Crippen molar-refractivity contribution in [3.63, 3.8) is 0 Å². The van der Waals surface area contributed by atoms with Gasteiger partial charge in [-0.3, -0.25) is 9.88 Å². The van der Waals surface area contributed by atoms with E-state index >= 15 is 0 Å². The van der Waals surface area contributed by atoms with Gasteiger partial charge >= 0.3 is 0 Å². The first kappa shape index (κ1) is 22.2. The lowest BCUT2D eigenvalue weighted by atomic mass is 10.0. The molecule has 0 spiro atoms. The van der Waals surface area contributed by atoms with Crippen LogP contribution in [-0.2, 0) is 22.9 Å². The van der Waals surface area contributed by atoms with Crippen molar-refractivity contribution in [1.29, 1.82) is 0 Å². The molecule has 1 fully saturated rings. The average molecular weight is 463 g/mol. The zero-order valence-electron chi connectivity index (χ0n) is 18.7. The highest BCUT2D eigenvalue weighted by Gasteiger charge is 2.39. The van der Waals surface area contributed by atoms with Crippen molar-refractivity contribution in [2.24, 2.45) is 0 Å². The van der Waals surface area contributed by atoms with Crippen LogP contribution in [0, 0.1) is 0 Å². The van der Waals surface area contributed by atoms with Gasteiger partial charge in [0.05, 0.1) is 10.9 Å². The molecule has 6 nitrogen and oxygen atoms in total. The second kappa shape index (κ2) is 9.73. The molecular formula is C26H30N4O2S. The molecule has 3 aromatic rings. The number of benzene rings is 2. The molecule has 2 heterocycles. The smallest absolute Gasteiger partial charge is 0.240 e. The molecule has 1 aromatic heterocycles. The summed E-state index contributed by atoms with van der Waals surface area (Å²) in [6.45, 7) is 4.79. The van der Waals surface area contributed by atoms with E-state index in [0.29, 0.717) is 11.3 Å². The van der Waals surface area contributed by atoms with E-state index in [1.165, 1.54) is 11.1 Å². The molecule has 172 valence electrons. The normalized spacial score (nSPS) is 21.7. The molecule has 2 unspecified atom stereocenters. The van der Waals surface area contributed by atoms with Crippen LogP contribution in [0.1, 0.15) is 22.9 Å². The maximum Gasteiger partial charge on any atom is 0.240 e. The fourth-order valence-electron chi connectivity index (χ4n) is 5.08. The zero-order chi connectivity index (χ0) is 22.7. The Kier molecular flexibility index (Phi) is 6.55. The topological polar surface area (TPSA) is 65.5 Å². The number of pyridine rings is 1. The largest absolute Gasteiger partial charge is 0.300 e. The summed E-state index contributed by atoms with van der Waals surface area (Å²) in [5.41, 5.74) is 3.61. The summed E-state index contributed by atoms with van der Waals surface area (Å²) in [6, 6.07) is 23.0. The maximum atomic E-state index is 13.1. The molecule has 1 aliphatic carbocycles. The Hall–Kier alpha value is -2.58. The van der Waals surface area contributed by atoms with Crippen LogP contribution < -0.4 is 4.72 Å². The summed E-state index contributed by atoms with van der Waals surface area (Å²) in [5.74, 6) is 0. The quantitative estimate of drug-likeness (QED) is 0.585. The predicted molar refractivity (Wildman–Crippen MR) is 129 cm³/mol. The number of nitrogens with zero attached hydrogens (tertiary/aromatic N) is 3. The fraction of sp³-hybridized carbons (Fsp3) is 0.346. The van der Waals surface area contributed by atoms with Crippen LogP contribution in [0.2, 0.25) is 0 Å². The standard InChI is InChI=1S/C26H30N4O2S/c31-33(32,23-10-2-1-3-11-23)28-25-20-21-8-4-5-12-24(21)26(25)30-18-16-29(17-19-30)15-13-22-9-6-7-14-27-22/h1-12,14,25-26,28H,13,15-20H2. The van der Waals surface area contributed by atoms with E-state index in [2.05, 4.69) is 43.8 Å². The Morgan fingerprint density at radius 3 is 2.36 bits per heavy atom. The molecule has 5 rings (SSSR count). The van der Waals surface area contributed by atoms with Gasteiger partial charge in [-0.05, 0) is 41.8 Å². The molecular weight excluding hydrogens is 432 g/mol. The second-order valence-corrected chi connectivity index (χ2v) is 10.6. The lowest BCUT2D eigenvalue weighted by molar-refractivity contribution is 0.0873. The van der Waals surface area contributed by atoms with E-state index < -0.39 is 10.0 Å². The molecule has 0 saturated carbocycles. The Bertz CT molecular complexity index is 1160. The molecule has 2 aliphatic rings. The third kappa shape index (κ3) is 5.01. The molecule has 2 aromatic carbocycles. The van der Waals surface area contributed by atoms with Crippen molar-refractivity contribution in [1.82, 2.24) is 19.5 Å². The van der Waals surface area contributed by atoms with Crippen LogP contribution >= 0.6 is 0 Å². The summed E-state index contributed by atoms with van der Waals surface area (Å²) >= 11 is 0. The van der Waals surface area contributed by atoms with Crippen molar-refractivity contribution in [3.8, 4) is 0 Å². The molecule has 7 heteroatoms. The number of nitrogens with one attached hydrogen (secondary N) is 1. The number of hydrogen-bond acceptors (Lipinski definition) is 5. The van der Waals surface area contributed by atoms with Gasteiger partial charge in [0.2, 0.25) is 10.0 Å². The molecule has 0 bridgehead atoms. The van der Waals surface area contributed by atoms with Gasteiger partial charge in [-0.1, -0.05) is 48.5 Å². The van der Waals surface area contributed by atoms with E-state index in [1.54, 1.807) is 24.3 Å². The number of sulfonamides is 1. The first-order valence-electron chi connectivity index (χ1n) is 11.6. The summed E-state index contributed by atoms with van der Waals surface area (Å²) in [7, 11) is -3.58. The van der Waals surface area contributed by atoms with E-state index in [4.69, 9.17) is 0 Å². The molecule has 1 aliphatic heterocycles. The Balaban J connectivity index is 1.28. The Morgan fingerprint density at radius 1 is 0.879 bits per heavy atom. The SMILES string of the molecule is O=S(=O)(NC1Cc2ccccc2C1N1CCN(CCc2ccccn2)CC1)c1ccccc1. The van der Waals surface area contributed by atoms with E-state index in [9.17, 15) is 8.42 Å². The number of hydrogen-bond donors (Lipinski definition) is 1. The van der Waals surface area contributed by atoms with Crippen molar-refractivity contribution in [2.45, 2.75) is 29.8 Å². The number of aromatic nitrogens is 1. The van der Waals surface area contributed by atoms with Crippen LogP contribution in [0.5, 0.6) is 0 Å². The first-order valence-corrected chi connectivity index (χ1v) is 13.1. The van der Waals surface area contributed by atoms with Gasteiger partial charge in [-0.15, -0.1) is 0 Å². The van der Waals surface area contributed by atoms with Crippen molar-refractivity contribution in [3.05, 3.63) is 95.8 Å². The molecule has 1 saturated heterocycles. The molecule has 33 heavy (non-hydrogen) atoms. The van der Waals surface area contributed by atoms with Crippen LogP contribution in [0.3, 0.4) is 0 Å². The molecule has 0 radical (unpaired) electrons. The van der Waals surface area contributed by atoms with Crippen LogP contribution in [0.25, 0.3) is 0 Å². The third-order valence-corrected chi connectivity index (χ3v) is 8.27. The maximum absolute atomic E-state index is 13.1. The summed E-state index contributed by atoms with van der Waals surface area (Å²) < 4.78 is 29.2. The number of rotatable bonds is 7. The highest BCUT2D eigenvalue weighted by atomic mass is 32.2. The second-order valence-electron chi connectivity index (χ2n) is 8.84.